The summed E-state index contributed by atoms with van der Waals surface area (Å²) in [5, 5.41) is 11.8. The maximum Gasteiger partial charge on any atom is 0.220 e. The zero-order valence-corrected chi connectivity index (χ0v) is 15.0. The summed E-state index contributed by atoms with van der Waals surface area (Å²) in [6.45, 7) is 0.803. The van der Waals surface area contributed by atoms with Crippen molar-refractivity contribution in [2.75, 3.05) is 20.8 Å². The van der Waals surface area contributed by atoms with E-state index in [1.54, 1.807) is 25.3 Å². The predicted molar refractivity (Wildman–Crippen MR) is 97.3 cm³/mol. The molecule has 0 unspecified atom stereocenters. The number of nitriles is 1. The van der Waals surface area contributed by atoms with Gasteiger partial charge in [-0.2, -0.15) is 5.26 Å². The standard InChI is InChI=1S/C20H22N2O4/c1-24-17-7-4-3-6-16(17)14-22-20(23)8-5-11-26-18-10-9-15(13-21)12-19(18)25-2/h3-4,6-7,9-10,12H,5,8,11,14H2,1-2H3,(H,22,23). The normalized spacial score (nSPS) is 9.88. The van der Waals surface area contributed by atoms with Gasteiger partial charge in [-0.05, 0) is 24.6 Å². The molecule has 0 saturated carbocycles. The Balaban J connectivity index is 1.74. The Hall–Kier alpha value is -3.20. The van der Waals surface area contributed by atoms with Crippen LogP contribution in [0.1, 0.15) is 24.0 Å². The minimum Gasteiger partial charge on any atom is -0.496 e. The summed E-state index contributed by atoms with van der Waals surface area (Å²) < 4.78 is 16.1. The number of hydrogen-bond acceptors (Lipinski definition) is 5. The van der Waals surface area contributed by atoms with Gasteiger partial charge in [0.15, 0.2) is 11.5 Å². The fourth-order valence-electron chi connectivity index (χ4n) is 2.40. The van der Waals surface area contributed by atoms with Gasteiger partial charge in [-0.15, -0.1) is 0 Å². The monoisotopic (exact) mass is 354 g/mol. The lowest BCUT2D eigenvalue weighted by molar-refractivity contribution is -0.121. The third-order valence-electron chi connectivity index (χ3n) is 3.77. The number of ether oxygens (including phenoxy) is 3. The number of amides is 1. The van der Waals surface area contributed by atoms with E-state index in [2.05, 4.69) is 5.32 Å². The van der Waals surface area contributed by atoms with Crippen LogP contribution in [0.3, 0.4) is 0 Å². The van der Waals surface area contributed by atoms with Crippen molar-refractivity contribution in [2.24, 2.45) is 0 Å². The fourth-order valence-corrected chi connectivity index (χ4v) is 2.40. The molecule has 0 aliphatic heterocycles. The smallest absolute Gasteiger partial charge is 0.220 e. The van der Waals surface area contributed by atoms with E-state index in [1.807, 2.05) is 30.3 Å². The number of nitrogens with zero attached hydrogens (tertiary/aromatic N) is 1. The van der Waals surface area contributed by atoms with Crippen LogP contribution in [0.2, 0.25) is 0 Å². The quantitative estimate of drug-likeness (QED) is 0.700. The van der Waals surface area contributed by atoms with Crippen LogP contribution in [0.5, 0.6) is 17.2 Å². The van der Waals surface area contributed by atoms with Crippen molar-refractivity contribution in [2.45, 2.75) is 19.4 Å². The van der Waals surface area contributed by atoms with E-state index in [4.69, 9.17) is 19.5 Å². The Kier molecular flexibility index (Phi) is 7.31. The minimum atomic E-state index is -0.0497. The van der Waals surface area contributed by atoms with Crippen molar-refractivity contribution in [3.05, 3.63) is 53.6 Å². The van der Waals surface area contributed by atoms with E-state index in [0.717, 1.165) is 11.3 Å². The summed E-state index contributed by atoms with van der Waals surface area (Å²) in [4.78, 5) is 12.0. The molecule has 6 heteroatoms. The number of carbonyl (C=O) groups excluding carboxylic acids is 1. The molecule has 26 heavy (non-hydrogen) atoms. The lowest BCUT2D eigenvalue weighted by Crippen LogP contribution is -2.23. The van der Waals surface area contributed by atoms with E-state index in [1.165, 1.54) is 7.11 Å². The first kappa shape index (κ1) is 19.1. The largest absolute Gasteiger partial charge is 0.496 e. The molecule has 0 saturated heterocycles. The molecule has 0 spiro atoms. The van der Waals surface area contributed by atoms with Crippen molar-refractivity contribution in [1.82, 2.24) is 5.32 Å². The molecule has 1 amide bonds. The third-order valence-corrected chi connectivity index (χ3v) is 3.77. The topological polar surface area (TPSA) is 80.6 Å². The lowest BCUT2D eigenvalue weighted by Gasteiger charge is -2.11. The second-order valence-corrected chi connectivity index (χ2v) is 5.52. The predicted octanol–water partition coefficient (Wildman–Crippen LogP) is 3.05. The molecule has 0 aliphatic carbocycles. The van der Waals surface area contributed by atoms with Gasteiger partial charge in [0.25, 0.3) is 0 Å². The minimum absolute atomic E-state index is 0.0497. The SMILES string of the molecule is COc1ccccc1CNC(=O)CCCOc1ccc(C#N)cc1OC. The van der Waals surface area contributed by atoms with Crippen LogP contribution in [0.15, 0.2) is 42.5 Å². The Bertz CT molecular complexity index is 784. The number of methoxy groups -OCH3 is 2. The van der Waals surface area contributed by atoms with Crippen molar-refractivity contribution in [1.29, 1.82) is 5.26 Å². The van der Waals surface area contributed by atoms with E-state index in [0.29, 0.717) is 43.1 Å². The number of nitrogens with one attached hydrogen (secondary N) is 1. The summed E-state index contributed by atoms with van der Waals surface area (Å²) in [5.41, 5.74) is 1.44. The molecule has 0 aliphatic rings. The van der Waals surface area contributed by atoms with Crippen LogP contribution in [0.4, 0.5) is 0 Å². The van der Waals surface area contributed by atoms with Crippen molar-refractivity contribution < 1.29 is 19.0 Å². The number of carbonyl (C=O) groups is 1. The molecule has 0 heterocycles. The summed E-state index contributed by atoms with van der Waals surface area (Å²) in [6, 6.07) is 14.6. The second-order valence-electron chi connectivity index (χ2n) is 5.52. The van der Waals surface area contributed by atoms with Gasteiger partial charge < -0.3 is 19.5 Å². The van der Waals surface area contributed by atoms with E-state index in [9.17, 15) is 4.79 Å². The average Bonchev–Trinajstić information content (AvgIpc) is 2.69. The lowest BCUT2D eigenvalue weighted by atomic mass is 10.2. The first-order valence-electron chi connectivity index (χ1n) is 8.27. The highest BCUT2D eigenvalue weighted by Crippen LogP contribution is 2.27. The van der Waals surface area contributed by atoms with Gasteiger partial charge in [0.05, 0.1) is 32.5 Å². The van der Waals surface area contributed by atoms with Crippen LogP contribution in [0.25, 0.3) is 0 Å². The maximum atomic E-state index is 12.0. The molecule has 2 rings (SSSR count). The number of rotatable bonds is 9. The highest BCUT2D eigenvalue weighted by molar-refractivity contribution is 5.75. The van der Waals surface area contributed by atoms with Crippen molar-refractivity contribution in [3.8, 4) is 23.3 Å². The molecule has 2 aromatic carbocycles. The molecule has 0 atom stereocenters. The molecule has 136 valence electrons. The van der Waals surface area contributed by atoms with E-state index >= 15 is 0 Å². The van der Waals surface area contributed by atoms with Gasteiger partial charge in [0, 0.05) is 24.6 Å². The van der Waals surface area contributed by atoms with Crippen LogP contribution in [-0.4, -0.2) is 26.7 Å². The summed E-state index contributed by atoms with van der Waals surface area (Å²) >= 11 is 0. The average molecular weight is 354 g/mol. The van der Waals surface area contributed by atoms with Gasteiger partial charge in [-0.1, -0.05) is 18.2 Å². The molecule has 0 fully saturated rings. The van der Waals surface area contributed by atoms with Gasteiger partial charge in [-0.25, -0.2) is 0 Å². The maximum absolute atomic E-state index is 12.0. The molecular weight excluding hydrogens is 332 g/mol. The Morgan fingerprint density at radius 3 is 2.58 bits per heavy atom. The number of benzene rings is 2. The zero-order valence-electron chi connectivity index (χ0n) is 15.0. The summed E-state index contributed by atoms with van der Waals surface area (Å²) in [5.74, 6) is 1.76. The van der Waals surface area contributed by atoms with E-state index in [-0.39, 0.29) is 5.91 Å². The fraction of sp³-hybridized carbons (Fsp3) is 0.300. The molecule has 2 aromatic rings. The van der Waals surface area contributed by atoms with Crippen molar-refractivity contribution in [3.63, 3.8) is 0 Å². The van der Waals surface area contributed by atoms with Gasteiger partial charge in [0.1, 0.15) is 5.75 Å². The highest BCUT2D eigenvalue weighted by Gasteiger charge is 2.08. The molecule has 0 bridgehead atoms. The van der Waals surface area contributed by atoms with E-state index < -0.39 is 0 Å². The first-order chi connectivity index (χ1) is 12.7. The highest BCUT2D eigenvalue weighted by atomic mass is 16.5. The number of hydrogen-bond donors (Lipinski definition) is 1. The van der Waals surface area contributed by atoms with Crippen LogP contribution < -0.4 is 19.5 Å². The third kappa shape index (κ3) is 5.42. The Morgan fingerprint density at radius 1 is 1.08 bits per heavy atom. The van der Waals surface area contributed by atoms with Crippen LogP contribution in [0, 0.1) is 11.3 Å². The van der Waals surface area contributed by atoms with Crippen molar-refractivity contribution >= 4 is 5.91 Å². The Morgan fingerprint density at radius 2 is 1.85 bits per heavy atom. The van der Waals surface area contributed by atoms with Gasteiger partial charge in [0.2, 0.25) is 5.91 Å². The molecule has 0 aromatic heterocycles. The van der Waals surface area contributed by atoms with Gasteiger partial charge >= 0.3 is 0 Å². The van der Waals surface area contributed by atoms with Gasteiger partial charge in [-0.3, -0.25) is 4.79 Å². The molecule has 0 radical (unpaired) electrons. The number of para-hydroxylation sites is 1. The molecular formula is C20H22N2O4. The van der Waals surface area contributed by atoms with Crippen LogP contribution >= 0.6 is 0 Å². The molecule has 1 N–H and O–H groups in total. The summed E-state index contributed by atoms with van der Waals surface area (Å²) in [7, 11) is 3.13. The molecule has 6 nitrogen and oxygen atoms in total. The Labute approximate surface area is 153 Å². The first-order valence-corrected chi connectivity index (χ1v) is 8.27. The van der Waals surface area contributed by atoms with Crippen LogP contribution in [-0.2, 0) is 11.3 Å². The summed E-state index contributed by atoms with van der Waals surface area (Å²) in [6.07, 6.45) is 0.925. The second kappa shape index (κ2) is 9.94. The zero-order chi connectivity index (χ0) is 18.8.